The van der Waals surface area contributed by atoms with E-state index in [1.807, 2.05) is 0 Å². The maximum Gasteiger partial charge on any atom is 0.249 e. The van der Waals surface area contributed by atoms with E-state index >= 15 is 0 Å². The molecule has 0 aromatic heterocycles. The minimum atomic E-state index is -0.557. The molecule has 106 valence electrons. The van der Waals surface area contributed by atoms with E-state index in [9.17, 15) is 14.4 Å². The molecule has 0 radical (unpaired) electrons. The Hall–Kier alpha value is -1.08. The Morgan fingerprint density at radius 3 is 2.74 bits per heavy atom. The predicted molar refractivity (Wildman–Crippen MR) is 72.7 cm³/mol. The summed E-state index contributed by atoms with van der Waals surface area (Å²) in [6.45, 7) is 3.62. The van der Waals surface area contributed by atoms with Crippen LogP contribution in [-0.4, -0.2) is 59.3 Å². The van der Waals surface area contributed by atoms with Crippen molar-refractivity contribution in [2.75, 3.05) is 25.4 Å². The molecule has 1 unspecified atom stereocenters. The Morgan fingerprint density at radius 1 is 1.37 bits per heavy atom. The van der Waals surface area contributed by atoms with Crippen molar-refractivity contribution in [2.45, 2.75) is 31.1 Å². The van der Waals surface area contributed by atoms with Gasteiger partial charge in [-0.05, 0) is 32.9 Å². The third kappa shape index (κ3) is 3.70. The summed E-state index contributed by atoms with van der Waals surface area (Å²) in [5.74, 6) is -0.575. The average Bonchev–Trinajstić information content (AvgIpc) is 2.41. The van der Waals surface area contributed by atoms with Crippen molar-refractivity contribution in [3.8, 4) is 0 Å². The maximum absolute atomic E-state index is 12.1. The minimum absolute atomic E-state index is 0.0154. The molecule has 7 heteroatoms. The van der Waals surface area contributed by atoms with Gasteiger partial charge in [-0.15, -0.1) is 11.8 Å². The van der Waals surface area contributed by atoms with E-state index in [2.05, 4.69) is 10.6 Å². The Labute approximate surface area is 116 Å². The van der Waals surface area contributed by atoms with Crippen molar-refractivity contribution >= 4 is 29.5 Å². The fourth-order valence-electron chi connectivity index (χ4n) is 2.25. The van der Waals surface area contributed by atoms with Crippen LogP contribution < -0.4 is 10.6 Å². The highest BCUT2D eigenvalue weighted by Gasteiger charge is 2.33. The second kappa shape index (κ2) is 6.38. The number of nitrogens with zero attached hydrogens (tertiary/aromatic N) is 1. The summed E-state index contributed by atoms with van der Waals surface area (Å²) in [6.07, 6.45) is 2.12. The SMILES string of the molecule is CC1C(=O)NC(=O)CN1C(=O)CSC1CCNCC1. The van der Waals surface area contributed by atoms with Gasteiger partial charge < -0.3 is 10.2 Å². The fraction of sp³-hybridized carbons (Fsp3) is 0.750. The molecule has 2 rings (SSSR count). The van der Waals surface area contributed by atoms with Crippen LogP contribution in [-0.2, 0) is 14.4 Å². The molecule has 2 fully saturated rings. The van der Waals surface area contributed by atoms with E-state index in [1.165, 1.54) is 4.90 Å². The molecule has 3 amide bonds. The van der Waals surface area contributed by atoms with E-state index in [0.29, 0.717) is 11.0 Å². The quantitative estimate of drug-likeness (QED) is 0.674. The summed E-state index contributed by atoms with van der Waals surface area (Å²) < 4.78 is 0. The smallest absolute Gasteiger partial charge is 0.249 e. The molecule has 2 aliphatic rings. The minimum Gasteiger partial charge on any atom is -0.321 e. The molecule has 6 nitrogen and oxygen atoms in total. The second-order valence-corrected chi connectivity index (χ2v) is 6.16. The van der Waals surface area contributed by atoms with Crippen molar-refractivity contribution in [2.24, 2.45) is 0 Å². The summed E-state index contributed by atoms with van der Waals surface area (Å²) in [5.41, 5.74) is 0. The van der Waals surface area contributed by atoms with Crippen LogP contribution in [0, 0.1) is 0 Å². The Bertz CT molecular complexity index is 382. The van der Waals surface area contributed by atoms with Gasteiger partial charge >= 0.3 is 0 Å². The molecule has 0 aromatic carbocycles. The van der Waals surface area contributed by atoms with Gasteiger partial charge in [0.1, 0.15) is 12.6 Å². The number of thioether (sulfide) groups is 1. The van der Waals surface area contributed by atoms with E-state index < -0.39 is 17.9 Å². The van der Waals surface area contributed by atoms with Gasteiger partial charge in [0.15, 0.2) is 0 Å². The average molecular weight is 285 g/mol. The summed E-state index contributed by atoms with van der Waals surface area (Å²) in [4.78, 5) is 36.3. The monoisotopic (exact) mass is 285 g/mol. The molecule has 0 bridgehead atoms. The highest BCUT2D eigenvalue weighted by atomic mass is 32.2. The maximum atomic E-state index is 12.1. The first-order valence-electron chi connectivity index (χ1n) is 6.53. The number of hydrogen-bond acceptors (Lipinski definition) is 5. The Morgan fingerprint density at radius 2 is 2.05 bits per heavy atom. The van der Waals surface area contributed by atoms with E-state index in [4.69, 9.17) is 0 Å². The molecule has 2 N–H and O–H groups in total. The molecule has 0 aliphatic carbocycles. The molecule has 1 atom stereocenters. The zero-order chi connectivity index (χ0) is 13.8. The summed E-state index contributed by atoms with van der Waals surface area (Å²) in [5, 5.41) is 6.01. The van der Waals surface area contributed by atoms with Gasteiger partial charge in [-0.25, -0.2) is 0 Å². The first-order chi connectivity index (χ1) is 9.08. The summed E-state index contributed by atoms with van der Waals surface area (Å²) >= 11 is 1.63. The molecule has 0 saturated carbocycles. The zero-order valence-electron chi connectivity index (χ0n) is 11.0. The third-order valence-electron chi connectivity index (χ3n) is 3.47. The van der Waals surface area contributed by atoms with Crippen molar-refractivity contribution in [1.29, 1.82) is 0 Å². The molecule has 2 saturated heterocycles. The van der Waals surface area contributed by atoms with E-state index in [1.54, 1.807) is 18.7 Å². The number of carbonyl (C=O) groups excluding carboxylic acids is 3. The second-order valence-electron chi connectivity index (χ2n) is 4.87. The van der Waals surface area contributed by atoms with Crippen LogP contribution in [0.5, 0.6) is 0 Å². The molecule has 19 heavy (non-hydrogen) atoms. The fourth-order valence-corrected chi connectivity index (χ4v) is 3.37. The molecular formula is C12H19N3O3S. The van der Waals surface area contributed by atoms with Gasteiger partial charge in [-0.3, -0.25) is 19.7 Å². The summed E-state index contributed by atoms with van der Waals surface area (Å²) in [6, 6.07) is -0.557. The van der Waals surface area contributed by atoms with E-state index in [0.717, 1.165) is 25.9 Å². The zero-order valence-corrected chi connectivity index (χ0v) is 11.8. The first kappa shape index (κ1) is 14.3. The van der Waals surface area contributed by atoms with Crippen LogP contribution in [0.15, 0.2) is 0 Å². The van der Waals surface area contributed by atoms with Gasteiger partial charge in [0.2, 0.25) is 17.7 Å². The normalized spacial score (nSPS) is 25.3. The number of rotatable bonds is 3. The lowest BCUT2D eigenvalue weighted by Crippen LogP contribution is -2.59. The van der Waals surface area contributed by atoms with Crippen molar-refractivity contribution < 1.29 is 14.4 Å². The first-order valence-corrected chi connectivity index (χ1v) is 7.58. The lowest BCUT2D eigenvalue weighted by atomic mass is 10.2. The Balaban J connectivity index is 1.84. The molecule has 2 heterocycles. The van der Waals surface area contributed by atoms with Gasteiger partial charge in [-0.1, -0.05) is 0 Å². The molecular weight excluding hydrogens is 266 g/mol. The number of hydrogen-bond donors (Lipinski definition) is 2. The van der Waals surface area contributed by atoms with Crippen LogP contribution >= 0.6 is 11.8 Å². The number of carbonyl (C=O) groups is 3. The number of imide groups is 1. The van der Waals surface area contributed by atoms with Crippen LogP contribution in [0.3, 0.4) is 0 Å². The standard InChI is InChI=1S/C12H19N3O3S/c1-8-12(18)14-10(16)6-15(8)11(17)7-19-9-2-4-13-5-3-9/h8-9,13H,2-7H2,1H3,(H,14,16,18). The van der Waals surface area contributed by atoms with Crippen LogP contribution in [0.1, 0.15) is 19.8 Å². The predicted octanol–water partition coefficient (Wildman–Crippen LogP) is -0.655. The topological polar surface area (TPSA) is 78.5 Å². The number of piperidine rings is 1. The molecule has 0 aromatic rings. The third-order valence-corrected chi connectivity index (χ3v) is 4.83. The van der Waals surface area contributed by atoms with Crippen LogP contribution in [0.25, 0.3) is 0 Å². The highest BCUT2D eigenvalue weighted by molar-refractivity contribution is 8.00. The lowest BCUT2D eigenvalue weighted by molar-refractivity contribution is -0.148. The van der Waals surface area contributed by atoms with Crippen molar-refractivity contribution in [1.82, 2.24) is 15.5 Å². The molecule has 0 spiro atoms. The van der Waals surface area contributed by atoms with Gasteiger partial charge in [0, 0.05) is 5.25 Å². The summed E-state index contributed by atoms with van der Waals surface area (Å²) in [7, 11) is 0. The van der Waals surface area contributed by atoms with Crippen LogP contribution in [0.4, 0.5) is 0 Å². The molecule has 2 aliphatic heterocycles. The Kier molecular flexibility index (Phi) is 4.81. The largest absolute Gasteiger partial charge is 0.321 e. The van der Waals surface area contributed by atoms with Gasteiger partial charge in [0.25, 0.3) is 0 Å². The number of piperazine rings is 1. The van der Waals surface area contributed by atoms with Gasteiger partial charge in [-0.2, -0.15) is 0 Å². The van der Waals surface area contributed by atoms with Crippen molar-refractivity contribution in [3.63, 3.8) is 0 Å². The highest BCUT2D eigenvalue weighted by Crippen LogP contribution is 2.21. The van der Waals surface area contributed by atoms with Gasteiger partial charge in [0.05, 0.1) is 5.75 Å². The number of nitrogens with one attached hydrogen (secondary N) is 2. The van der Waals surface area contributed by atoms with E-state index in [-0.39, 0.29) is 12.5 Å². The van der Waals surface area contributed by atoms with Crippen LogP contribution in [0.2, 0.25) is 0 Å². The van der Waals surface area contributed by atoms with Crippen molar-refractivity contribution in [3.05, 3.63) is 0 Å². The lowest BCUT2D eigenvalue weighted by Gasteiger charge is -2.32. The number of amides is 3.